The van der Waals surface area contributed by atoms with Gasteiger partial charge in [0.2, 0.25) is 0 Å². The average Bonchev–Trinajstić information content (AvgIpc) is 3.53. The van der Waals surface area contributed by atoms with Crippen LogP contribution in [0.4, 0.5) is 4.39 Å². The molecule has 26 heavy (non-hydrogen) atoms. The third-order valence-corrected chi connectivity index (χ3v) is 8.43. The maximum atomic E-state index is 14.1. The predicted molar refractivity (Wildman–Crippen MR) is 101 cm³/mol. The largest absolute Gasteiger partial charge is 0.308 e. The molecule has 4 heteroatoms. The molecule has 5 fully saturated rings. The molecule has 3 nitrogen and oxygen atoms in total. The van der Waals surface area contributed by atoms with Gasteiger partial charge in [-0.15, -0.1) is 10.2 Å². The number of hydrogen-bond donors (Lipinski definition) is 0. The molecule has 6 rings (SSSR count). The van der Waals surface area contributed by atoms with E-state index in [1.54, 1.807) is 0 Å². The van der Waals surface area contributed by atoms with E-state index in [1.165, 1.54) is 77.0 Å². The second-order valence-corrected chi connectivity index (χ2v) is 10.3. The van der Waals surface area contributed by atoms with Crippen LogP contribution in [0.3, 0.4) is 0 Å². The molecule has 0 spiro atoms. The number of nitrogens with zero attached hydrogens (tertiary/aromatic N) is 3. The third kappa shape index (κ3) is 2.57. The van der Waals surface area contributed by atoms with Gasteiger partial charge in [-0.05, 0) is 63.2 Å². The molecule has 144 valence electrons. The van der Waals surface area contributed by atoms with Crippen LogP contribution in [-0.2, 0) is 10.8 Å². The Balaban J connectivity index is 1.41. The van der Waals surface area contributed by atoms with Gasteiger partial charge in [-0.1, -0.05) is 33.1 Å². The van der Waals surface area contributed by atoms with Gasteiger partial charge in [-0.3, -0.25) is 0 Å². The van der Waals surface area contributed by atoms with Crippen molar-refractivity contribution in [3.8, 4) is 0 Å². The highest BCUT2D eigenvalue weighted by molar-refractivity contribution is 5.26. The molecule has 1 heterocycles. The van der Waals surface area contributed by atoms with E-state index >= 15 is 0 Å². The van der Waals surface area contributed by atoms with E-state index in [0.717, 1.165) is 11.6 Å². The van der Waals surface area contributed by atoms with Gasteiger partial charge in [0.05, 0.1) is 6.04 Å². The Labute approximate surface area is 157 Å². The monoisotopic (exact) mass is 359 g/mol. The molecule has 5 saturated carbocycles. The lowest BCUT2D eigenvalue weighted by atomic mass is 9.52. The number of unbranched alkanes of at least 4 members (excludes halogenated alkanes) is 2. The first-order chi connectivity index (χ1) is 12.5. The van der Waals surface area contributed by atoms with Crippen molar-refractivity contribution in [1.29, 1.82) is 0 Å². The van der Waals surface area contributed by atoms with Crippen molar-refractivity contribution < 1.29 is 4.39 Å². The van der Waals surface area contributed by atoms with Crippen molar-refractivity contribution in [3.05, 3.63) is 11.6 Å². The van der Waals surface area contributed by atoms with Gasteiger partial charge in [0.1, 0.15) is 17.8 Å². The molecular weight excluding hydrogens is 325 g/mol. The van der Waals surface area contributed by atoms with Crippen molar-refractivity contribution in [1.82, 2.24) is 14.8 Å². The van der Waals surface area contributed by atoms with Crippen molar-refractivity contribution in [2.75, 3.05) is 0 Å². The lowest BCUT2D eigenvalue weighted by Crippen LogP contribution is -2.45. The van der Waals surface area contributed by atoms with Crippen LogP contribution in [0.2, 0.25) is 0 Å². The third-order valence-electron chi connectivity index (χ3n) is 8.43. The van der Waals surface area contributed by atoms with Crippen molar-refractivity contribution >= 4 is 0 Å². The van der Waals surface area contributed by atoms with E-state index in [0.29, 0.717) is 11.8 Å². The molecule has 0 saturated heterocycles. The summed E-state index contributed by atoms with van der Waals surface area (Å²) < 4.78 is 16.4. The lowest BCUT2D eigenvalue weighted by molar-refractivity contribution is 0.0242. The second kappa shape index (κ2) is 5.78. The Morgan fingerprint density at radius 2 is 1.58 bits per heavy atom. The van der Waals surface area contributed by atoms with Crippen LogP contribution in [0, 0.1) is 5.41 Å². The minimum atomic E-state index is -0.678. The highest BCUT2D eigenvalue weighted by Crippen LogP contribution is 2.61. The van der Waals surface area contributed by atoms with E-state index < -0.39 is 6.17 Å². The molecule has 0 unspecified atom stereocenters. The van der Waals surface area contributed by atoms with Gasteiger partial charge in [-0.25, -0.2) is 4.39 Å². The van der Waals surface area contributed by atoms with Crippen LogP contribution in [0.25, 0.3) is 0 Å². The van der Waals surface area contributed by atoms with E-state index in [1.807, 2.05) is 0 Å². The molecule has 1 aromatic rings. The summed E-state index contributed by atoms with van der Waals surface area (Å²) in [5.41, 5.74) is 0.956. The van der Waals surface area contributed by atoms with Crippen LogP contribution in [0.5, 0.6) is 0 Å². The van der Waals surface area contributed by atoms with Crippen molar-refractivity contribution in [2.45, 2.75) is 120 Å². The molecule has 2 bridgehead atoms. The molecule has 0 aromatic carbocycles. The Kier molecular flexibility index (Phi) is 3.82. The zero-order valence-electron chi connectivity index (χ0n) is 16.6. The zero-order valence-corrected chi connectivity index (χ0v) is 16.6. The van der Waals surface area contributed by atoms with E-state index in [9.17, 15) is 4.39 Å². The summed E-state index contributed by atoms with van der Waals surface area (Å²) in [6, 6.07) is 0.0277. The fourth-order valence-corrected chi connectivity index (χ4v) is 5.93. The zero-order chi connectivity index (χ0) is 18.0. The Hall–Kier alpha value is -0.930. The van der Waals surface area contributed by atoms with Crippen LogP contribution in [0.1, 0.15) is 115 Å². The topological polar surface area (TPSA) is 30.7 Å². The number of fused-ring (bicyclic) bond motifs is 3. The van der Waals surface area contributed by atoms with E-state index in [4.69, 9.17) is 5.10 Å². The van der Waals surface area contributed by atoms with E-state index in [-0.39, 0.29) is 16.9 Å². The molecule has 0 aliphatic heterocycles. The summed E-state index contributed by atoms with van der Waals surface area (Å²) in [6.07, 6.45) is 15.7. The van der Waals surface area contributed by atoms with Gasteiger partial charge >= 0.3 is 0 Å². The molecule has 5 aliphatic carbocycles. The first-order valence-corrected chi connectivity index (χ1v) is 11.1. The van der Waals surface area contributed by atoms with Crippen LogP contribution in [0.15, 0.2) is 0 Å². The molecule has 2 atom stereocenters. The van der Waals surface area contributed by atoms with Crippen LogP contribution >= 0.6 is 0 Å². The summed E-state index contributed by atoms with van der Waals surface area (Å²) in [7, 11) is 0. The minimum absolute atomic E-state index is 0.0277. The number of hydrogen-bond acceptors (Lipinski definition) is 2. The maximum absolute atomic E-state index is 14.1. The summed E-state index contributed by atoms with van der Waals surface area (Å²) in [6.45, 7) is 4.58. The molecule has 0 amide bonds. The standard InChI is InChI=1S/C22H34FN3/c1-3-4-5-6-21-9-12-22(13-10-21,14-11-21)19-25-24-18(20(2)7-8-20)26(19)17-15-16(17)23/h16-17H,3-15H2,1-2H3/t16-,17+,21?,22?/m1/s1. The average molecular weight is 360 g/mol. The predicted octanol–water partition coefficient (Wildman–Crippen LogP) is 5.78. The summed E-state index contributed by atoms with van der Waals surface area (Å²) in [5, 5.41) is 9.41. The minimum Gasteiger partial charge on any atom is -0.308 e. The van der Waals surface area contributed by atoms with Gasteiger partial charge in [-0.2, -0.15) is 0 Å². The number of aromatic nitrogens is 3. The summed E-state index contributed by atoms with van der Waals surface area (Å²) in [4.78, 5) is 0. The molecule has 0 N–H and O–H groups in total. The summed E-state index contributed by atoms with van der Waals surface area (Å²) in [5.74, 6) is 2.25. The molecule has 0 radical (unpaired) electrons. The van der Waals surface area contributed by atoms with Gasteiger partial charge in [0.15, 0.2) is 0 Å². The fourth-order valence-electron chi connectivity index (χ4n) is 5.93. The Morgan fingerprint density at radius 3 is 2.12 bits per heavy atom. The normalized spacial score (nSPS) is 40.0. The fraction of sp³-hybridized carbons (Fsp3) is 0.909. The van der Waals surface area contributed by atoms with Crippen LogP contribution < -0.4 is 0 Å². The highest BCUT2D eigenvalue weighted by atomic mass is 19.1. The van der Waals surface area contributed by atoms with Crippen molar-refractivity contribution in [2.24, 2.45) is 5.41 Å². The number of rotatable bonds is 7. The second-order valence-electron chi connectivity index (χ2n) is 10.3. The molecule has 5 aliphatic rings. The Morgan fingerprint density at radius 1 is 0.962 bits per heavy atom. The number of halogens is 1. The van der Waals surface area contributed by atoms with Crippen LogP contribution in [-0.4, -0.2) is 20.9 Å². The maximum Gasteiger partial charge on any atom is 0.139 e. The molecular formula is C22H34FN3. The van der Waals surface area contributed by atoms with Gasteiger partial charge in [0.25, 0.3) is 0 Å². The number of alkyl halides is 1. The van der Waals surface area contributed by atoms with E-state index in [2.05, 4.69) is 23.5 Å². The van der Waals surface area contributed by atoms with Crippen molar-refractivity contribution in [3.63, 3.8) is 0 Å². The quantitative estimate of drug-likeness (QED) is 0.577. The summed E-state index contributed by atoms with van der Waals surface area (Å²) >= 11 is 0. The first kappa shape index (κ1) is 17.2. The Bertz CT molecular complexity index is 665. The first-order valence-electron chi connectivity index (χ1n) is 11.1. The van der Waals surface area contributed by atoms with Gasteiger partial charge < -0.3 is 4.57 Å². The SMILES string of the molecule is CCCCCC12CCC(c3nnc(C4(C)CC4)n3[C@H]3C[C@H]3F)(CC1)CC2. The lowest BCUT2D eigenvalue weighted by Gasteiger charge is -2.53. The van der Waals surface area contributed by atoms with Gasteiger partial charge in [0, 0.05) is 17.3 Å². The highest BCUT2D eigenvalue weighted by Gasteiger charge is 2.55. The smallest absolute Gasteiger partial charge is 0.139 e. The molecule has 1 aromatic heterocycles.